The zero-order valence-corrected chi connectivity index (χ0v) is 13.2. The minimum atomic E-state index is -3.99. The Bertz CT molecular complexity index is 619. The van der Waals surface area contributed by atoms with Crippen molar-refractivity contribution in [3.63, 3.8) is 0 Å². The van der Waals surface area contributed by atoms with Crippen molar-refractivity contribution < 1.29 is 13.2 Å². The fourth-order valence-electron chi connectivity index (χ4n) is 2.45. The van der Waals surface area contributed by atoms with Crippen molar-refractivity contribution in [3.8, 4) is 0 Å². The van der Waals surface area contributed by atoms with Gasteiger partial charge in [0, 0.05) is 6.04 Å². The number of carbonyl (C=O) groups excluding carboxylic acids is 1. The van der Waals surface area contributed by atoms with Gasteiger partial charge in [0.05, 0.1) is 5.69 Å². The Morgan fingerprint density at radius 3 is 2.71 bits per heavy atom. The first-order valence-electron chi connectivity index (χ1n) is 7.23. The Balaban J connectivity index is 2.19. The Kier molecular flexibility index (Phi) is 4.67. The number of H-pyrrole nitrogens is 1. The van der Waals surface area contributed by atoms with Gasteiger partial charge in [0.1, 0.15) is 4.90 Å². The number of aromatic amines is 1. The summed E-state index contributed by atoms with van der Waals surface area (Å²) < 4.78 is 23.5. The fourth-order valence-corrected chi connectivity index (χ4v) is 3.35. The van der Waals surface area contributed by atoms with Crippen molar-refractivity contribution in [2.75, 3.05) is 0 Å². The maximum atomic E-state index is 12.2. The molecule has 0 aromatic carbocycles. The van der Waals surface area contributed by atoms with E-state index in [4.69, 9.17) is 5.14 Å². The van der Waals surface area contributed by atoms with E-state index in [-0.39, 0.29) is 16.6 Å². The van der Waals surface area contributed by atoms with Crippen LogP contribution in [-0.4, -0.2) is 30.6 Å². The minimum absolute atomic E-state index is 0.00958. The van der Waals surface area contributed by atoms with Gasteiger partial charge in [-0.2, -0.15) is 5.10 Å². The molecule has 1 unspecified atom stereocenters. The Labute approximate surface area is 124 Å². The maximum Gasteiger partial charge on any atom is 0.273 e. The summed E-state index contributed by atoms with van der Waals surface area (Å²) >= 11 is 0. The van der Waals surface area contributed by atoms with Crippen molar-refractivity contribution in [3.05, 3.63) is 11.4 Å². The largest absolute Gasteiger partial charge is 0.348 e. The van der Waals surface area contributed by atoms with Crippen molar-refractivity contribution in [1.29, 1.82) is 0 Å². The lowest BCUT2D eigenvalue weighted by molar-refractivity contribution is 0.0929. The number of carbonyl (C=O) groups is 1. The van der Waals surface area contributed by atoms with Crippen LogP contribution in [0.2, 0.25) is 0 Å². The number of aromatic nitrogens is 2. The molecule has 1 saturated carbocycles. The number of rotatable bonds is 7. The molecule has 1 aromatic heterocycles. The first-order chi connectivity index (χ1) is 9.82. The van der Waals surface area contributed by atoms with Gasteiger partial charge in [-0.1, -0.05) is 26.2 Å². The monoisotopic (exact) mass is 314 g/mol. The third-order valence-electron chi connectivity index (χ3n) is 3.55. The third kappa shape index (κ3) is 4.04. The van der Waals surface area contributed by atoms with Crippen molar-refractivity contribution in [2.24, 2.45) is 11.1 Å². The van der Waals surface area contributed by atoms with Gasteiger partial charge in [-0.05, 0) is 25.7 Å². The lowest BCUT2D eigenvalue weighted by Crippen LogP contribution is -2.34. The van der Waals surface area contributed by atoms with Crippen LogP contribution in [0.15, 0.2) is 4.90 Å². The topological polar surface area (TPSA) is 118 Å². The third-order valence-corrected chi connectivity index (χ3v) is 4.56. The fraction of sp³-hybridized carbons (Fsp3) is 0.692. The zero-order valence-electron chi connectivity index (χ0n) is 12.3. The SMILES string of the molecule is CCCc1[nH]nc(C(=O)NC(C)CC2CC2)c1S(N)(=O)=O. The molecule has 1 fully saturated rings. The van der Waals surface area contributed by atoms with Gasteiger partial charge in [-0.3, -0.25) is 9.89 Å². The van der Waals surface area contributed by atoms with Crippen LogP contribution in [0.1, 0.15) is 55.7 Å². The summed E-state index contributed by atoms with van der Waals surface area (Å²) in [7, 11) is -3.99. The number of hydrogen-bond acceptors (Lipinski definition) is 4. The van der Waals surface area contributed by atoms with Crippen LogP contribution in [0.5, 0.6) is 0 Å². The number of primary sulfonamides is 1. The molecular formula is C13H22N4O3S. The van der Waals surface area contributed by atoms with Gasteiger partial charge in [0.25, 0.3) is 5.91 Å². The lowest BCUT2D eigenvalue weighted by Gasteiger charge is -2.12. The molecule has 1 atom stereocenters. The summed E-state index contributed by atoms with van der Waals surface area (Å²) in [5.74, 6) is 0.179. The molecule has 2 rings (SSSR count). The smallest absolute Gasteiger partial charge is 0.273 e. The van der Waals surface area contributed by atoms with Crippen LogP contribution in [0.4, 0.5) is 0 Å². The van der Waals surface area contributed by atoms with Gasteiger partial charge in [-0.25, -0.2) is 13.6 Å². The molecule has 1 heterocycles. The standard InChI is InChI=1S/C13H22N4O3S/c1-3-4-10-12(21(14,19)20)11(17-16-10)13(18)15-8(2)7-9-5-6-9/h8-9H,3-7H2,1-2H3,(H,15,18)(H,16,17)(H2,14,19,20). The molecule has 7 nitrogen and oxygen atoms in total. The predicted molar refractivity (Wildman–Crippen MR) is 78.2 cm³/mol. The number of sulfonamides is 1. The van der Waals surface area contributed by atoms with E-state index in [9.17, 15) is 13.2 Å². The summed E-state index contributed by atoms with van der Waals surface area (Å²) in [6.45, 7) is 3.82. The number of nitrogens with two attached hydrogens (primary N) is 1. The molecule has 0 radical (unpaired) electrons. The van der Waals surface area contributed by atoms with Crippen LogP contribution in [0, 0.1) is 5.92 Å². The average molecular weight is 314 g/mol. The van der Waals surface area contributed by atoms with Gasteiger partial charge < -0.3 is 5.32 Å². The molecule has 1 amide bonds. The van der Waals surface area contributed by atoms with Crippen molar-refractivity contribution in [1.82, 2.24) is 15.5 Å². The van der Waals surface area contributed by atoms with E-state index in [2.05, 4.69) is 15.5 Å². The van der Waals surface area contributed by atoms with Crippen LogP contribution in [0.3, 0.4) is 0 Å². The molecule has 1 aromatic rings. The number of amides is 1. The van der Waals surface area contributed by atoms with Crippen molar-refractivity contribution in [2.45, 2.75) is 56.9 Å². The summed E-state index contributed by atoms with van der Waals surface area (Å²) in [5.41, 5.74) is 0.253. The summed E-state index contributed by atoms with van der Waals surface area (Å²) in [6, 6.07) is -0.00958. The van der Waals surface area contributed by atoms with E-state index in [1.807, 2.05) is 13.8 Å². The summed E-state index contributed by atoms with van der Waals surface area (Å²) in [5, 5.41) is 14.5. The van der Waals surface area contributed by atoms with Gasteiger partial charge in [0.15, 0.2) is 5.69 Å². The second kappa shape index (κ2) is 6.15. The highest BCUT2D eigenvalue weighted by Crippen LogP contribution is 2.33. The highest BCUT2D eigenvalue weighted by Gasteiger charge is 2.29. The number of hydrogen-bond donors (Lipinski definition) is 3. The molecule has 21 heavy (non-hydrogen) atoms. The van der Waals surface area contributed by atoms with E-state index in [0.29, 0.717) is 18.0 Å². The summed E-state index contributed by atoms with van der Waals surface area (Å²) in [4.78, 5) is 12.0. The Morgan fingerprint density at radius 2 is 2.19 bits per heavy atom. The second-order valence-corrected chi connectivity index (χ2v) is 7.23. The van der Waals surface area contributed by atoms with Gasteiger partial charge in [0.2, 0.25) is 10.0 Å². The van der Waals surface area contributed by atoms with Crippen LogP contribution in [-0.2, 0) is 16.4 Å². The molecule has 0 saturated heterocycles. The average Bonchev–Trinajstić information content (AvgIpc) is 3.05. The molecule has 0 aliphatic heterocycles. The van der Waals surface area contributed by atoms with E-state index in [0.717, 1.165) is 12.8 Å². The zero-order chi connectivity index (χ0) is 15.6. The van der Waals surface area contributed by atoms with Crippen LogP contribution < -0.4 is 10.5 Å². The predicted octanol–water partition coefficient (Wildman–Crippen LogP) is 0.928. The molecule has 4 N–H and O–H groups in total. The first-order valence-corrected chi connectivity index (χ1v) is 8.78. The first kappa shape index (κ1) is 16.0. The molecular weight excluding hydrogens is 292 g/mol. The molecule has 8 heteroatoms. The molecule has 118 valence electrons. The molecule has 1 aliphatic rings. The number of nitrogens with zero attached hydrogens (tertiary/aromatic N) is 1. The van der Waals surface area contributed by atoms with E-state index in [1.54, 1.807) is 0 Å². The molecule has 0 bridgehead atoms. The number of aryl methyl sites for hydroxylation is 1. The van der Waals surface area contributed by atoms with E-state index >= 15 is 0 Å². The highest BCUT2D eigenvalue weighted by molar-refractivity contribution is 7.89. The Hall–Kier alpha value is -1.41. The van der Waals surface area contributed by atoms with Gasteiger partial charge >= 0.3 is 0 Å². The van der Waals surface area contributed by atoms with Gasteiger partial charge in [-0.15, -0.1) is 0 Å². The minimum Gasteiger partial charge on any atom is -0.348 e. The number of nitrogens with one attached hydrogen (secondary N) is 2. The second-order valence-electron chi connectivity index (χ2n) is 5.73. The van der Waals surface area contributed by atoms with E-state index < -0.39 is 15.9 Å². The van der Waals surface area contributed by atoms with Crippen molar-refractivity contribution >= 4 is 15.9 Å². The quantitative estimate of drug-likeness (QED) is 0.693. The lowest BCUT2D eigenvalue weighted by atomic mass is 10.1. The highest BCUT2D eigenvalue weighted by atomic mass is 32.2. The maximum absolute atomic E-state index is 12.2. The summed E-state index contributed by atoms with van der Waals surface area (Å²) in [6.07, 6.45) is 4.51. The van der Waals surface area contributed by atoms with Crippen LogP contribution in [0.25, 0.3) is 0 Å². The normalized spacial score (nSPS) is 16.7. The van der Waals surface area contributed by atoms with Crippen LogP contribution >= 0.6 is 0 Å². The van der Waals surface area contributed by atoms with E-state index in [1.165, 1.54) is 12.8 Å². The molecule has 0 spiro atoms. The Morgan fingerprint density at radius 1 is 1.52 bits per heavy atom. The molecule has 1 aliphatic carbocycles.